The molecule has 0 saturated heterocycles. The summed E-state index contributed by atoms with van der Waals surface area (Å²) in [6.07, 6.45) is 0. The maximum atomic E-state index is 0. The average Bonchev–Trinajstić information content (AvgIpc) is 0. The molecule has 0 aliphatic carbocycles. The number of hydrogen-bond acceptors (Lipinski definition) is 0. The Morgan fingerprint density at radius 3 is 0.273 bits per heavy atom. The fourth-order valence-electron chi connectivity index (χ4n) is 0. The second-order valence-corrected chi connectivity index (χ2v) is 0. The van der Waals surface area contributed by atoms with E-state index in [9.17, 15) is 0 Å². The van der Waals surface area contributed by atoms with Gasteiger partial charge in [0.1, 0.15) is 0 Å². The van der Waals surface area contributed by atoms with E-state index in [2.05, 4.69) is 0 Å². The molecule has 0 atom stereocenters. The van der Waals surface area contributed by atoms with Crippen molar-refractivity contribution in [2.24, 2.45) is 0 Å². The standard InChI is InChI=1S/7O.2Sn.2Y/q7*-2;2*+4;2*+3. The Morgan fingerprint density at radius 2 is 0.273 bits per heavy atom. The van der Waals surface area contributed by atoms with Gasteiger partial charge in [-0.05, 0) is 0 Å². The van der Waals surface area contributed by atoms with Gasteiger partial charge in [-0.15, -0.1) is 0 Å². The van der Waals surface area contributed by atoms with Gasteiger partial charge in [0.25, 0.3) is 0 Å². The van der Waals surface area contributed by atoms with Crippen LogP contribution in [0, 0.1) is 0 Å². The summed E-state index contributed by atoms with van der Waals surface area (Å²) < 4.78 is 0. The molecule has 0 aliphatic rings. The Hall–Kier alpha value is 3.53. The number of hydrogen-bond donors (Lipinski definition) is 0. The smallest absolute Gasteiger partial charge is 2.00 e. The Labute approximate surface area is 149 Å². The molecule has 0 saturated carbocycles. The van der Waals surface area contributed by atoms with Gasteiger partial charge in [-0.1, -0.05) is 0 Å². The molecular formula is O7Sn2Y2. The third-order valence-corrected chi connectivity index (χ3v) is 0. The van der Waals surface area contributed by atoms with E-state index in [1.807, 2.05) is 0 Å². The van der Waals surface area contributed by atoms with Gasteiger partial charge in [-0.25, -0.2) is 0 Å². The van der Waals surface area contributed by atoms with Crippen LogP contribution in [-0.4, -0.2) is 47.8 Å². The van der Waals surface area contributed by atoms with Crippen LogP contribution in [0.5, 0.6) is 0 Å². The largest absolute Gasteiger partial charge is 4.00 e. The Bertz CT molecular complexity index is 14.4. The van der Waals surface area contributed by atoms with Crippen molar-refractivity contribution in [2.45, 2.75) is 0 Å². The summed E-state index contributed by atoms with van der Waals surface area (Å²) >= 11 is 0. The van der Waals surface area contributed by atoms with Gasteiger partial charge in [0.2, 0.25) is 0 Å². The van der Waals surface area contributed by atoms with Gasteiger partial charge < -0.3 is 38.3 Å². The van der Waals surface area contributed by atoms with E-state index in [0.29, 0.717) is 0 Å². The van der Waals surface area contributed by atoms with Crippen LogP contribution in [0.15, 0.2) is 0 Å². The van der Waals surface area contributed by atoms with E-state index >= 15 is 0 Å². The summed E-state index contributed by atoms with van der Waals surface area (Å²) in [6.45, 7) is 0. The van der Waals surface area contributed by atoms with Gasteiger partial charge in [-0.3, -0.25) is 0 Å². The van der Waals surface area contributed by atoms with Crippen molar-refractivity contribution in [3.8, 4) is 0 Å². The Balaban J connectivity index is 0. The van der Waals surface area contributed by atoms with E-state index in [4.69, 9.17) is 0 Å². The second kappa shape index (κ2) is 171. The van der Waals surface area contributed by atoms with Gasteiger partial charge >= 0.3 is 113 Å². The zero-order valence-electron chi connectivity index (χ0n) is 5.01. The Kier molecular flexibility index (Phi) is 3320. The molecule has 0 bridgehead atoms. The van der Waals surface area contributed by atoms with Crippen LogP contribution in [0.2, 0.25) is 0 Å². The van der Waals surface area contributed by atoms with Gasteiger partial charge in [0.15, 0.2) is 0 Å². The van der Waals surface area contributed by atoms with Crippen LogP contribution in [0.3, 0.4) is 0 Å². The van der Waals surface area contributed by atoms with Crippen molar-refractivity contribution in [3.63, 3.8) is 0 Å². The molecule has 11 heavy (non-hydrogen) atoms. The van der Waals surface area contributed by atoms with Crippen molar-refractivity contribution in [2.75, 3.05) is 0 Å². The molecule has 0 unspecified atom stereocenters. The second-order valence-electron chi connectivity index (χ2n) is 0. The van der Waals surface area contributed by atoms with Gasteiger partial charge in [0, 0.05) is 0 Å². The summed E-state index contributed by atoms with van der Waals surface area (Å²) in [7, 11) is 0. The zero-order chi connectivity index (χ0) is 0. The molecule has 0 radical (unpaired) electrons. The van der Waals surface area contributed by atoms with Crippen LogP contribution in [0.1, 0.15) is 0 Å². The summed E-state index contributed by atoms with van der Waals surface area (Å²) in [5, 5.41) is 0. The molecule has 0 rings (SSSR count). The average molecular weight is 527 g/mol. The first-order valence-electron chi connectivity index (χ1n) is 0. The van der Waals surface area contributed by atoms with E-state index < -0.39 is 0 Å². The normalized spacial score (nSPS) is 0. The summed E-state index contributed by atoms with van der Waals surface area (Å²) in [6, 6.07) is 0. The van der Waals surface area contributed by atoms with Gasteiger partial charge in [-0.2, -0.15) is 0 Å². The predicted octanol–water partition coefficient (Wildman–Crippen LogP) is -1.60. The minimum Gasteiger partial charge on any atom is -2.00 e. The summed E-state index contributed by atoms with van der Waals surface area (Å²) in [5.74, 6) is 0. The SMILES string of the molecule is [O-2].[O-2].[O-2].[O-2].[O-2].[O-2].[O-2].[Sn+4].[Sn+4].[Y+3].[Y+3]. The van der Waals surface area contributed by atoms with E-state index in [1.165, 1.54) is 0 Å². The van der Waals surface area contributed by atoms with E-state index in [0.717, 1.165) is 0 Å². The fourth-order valence-corrected chi connectivity index (χ4v) is 0. The van der Waals surface area contributed by atoms with Crippen LogP contribution in [0.25, 0.3) is 0 Å². The fraction of sp³-hybridized carbons (Fsp3) is 0. The molecule has 0 spiro atoms. The molecule has 0 heterocycles. The third kappa shape index (κ3) is 145. The van der Waals surface area contributed by atoms with Crippen LogP contribution >= 0.6 is 0 Å². The molecule has 0 aromatic heterocycles. The first kappa shape index (κ1) is 214. The first-order valence-corrected chi connectivity index (χ1v) is 0. The minimum absolute atomic E-state index is 0. The predicted molar refractivity (Wildman–Crippen MR) is 16.3 cm³/mol. The third-order valence-electron chi connectivity index (χ3n) is 0. The molecule has 7 nitrogen and oxygen atoms in total. The monoisotopic (exact) mass is 530 g/mol. The molecule has 0 aromatic carbocycles. The minimum atomic E-state index is 0. The van der Waals surface area contributed by atoms with Crippen molar-refractivity contribution in [3.05, 3.63) is 0 Å². The van der Waals surface area contributed by atoms with Crippen LogP contribution < -0.4 is 0 Å². The summed E-state index contributed by atoms with van der Waals surface area (Å²) in [4.78, 5) is 0. The first-order chi connectivity index (χ1) is 0. The van der Waals surface area contributed by atoms with Crippen molar-refractivity contribution >= 4 is 47.8 Å². The zero-order valence-corrected chi connectivity index (χ0v) is 16.4. The van der Waals surface area contributed by atoms with Gasteiger partial charge in [0.05, 0.1) is 0 Å². The summed E-state index contributed by atoms with van der Waals surface area (Å²) in [5.41, 5.74) is 0. The molecule has 0 fully saturated rings. The topological polar surface area (TPSA) is 200 Å². The maximum absolute atomic E-state index is 0. The van der Waals surface area contributed by atoms with E-state index in [-0.39, 0.29) is 152 Å². The molecule has 11 heteroatoms. The molecule has 0 aliphatic heterocycles. The quantitative estimate of drug-likeness (QED) is 0.327. The van der Waals surface area contributed by atoms with Crippen molar-refractivity contribution in [1.82, 2.24) is 0 Å². The molecule has 0 amide bonds. The molecule has 0 aromatic rings. The maximum Gasteiger partial charge on any atom is 4.00 e. The molecule has 0 N–H and O–H groups in total. The van der Waals surface area contributed by atoms with Crippen LogP contribution in [0.4, 0.5) is 0 Å². The Morgan fingerprint density at radius 1 is 0.273 bits per heavy atom. The van der Waals surface area contributed by atoms with Crippen molar-refractivity contribution in [1.29, 1.82) is 0 Å². The molecular weight excluding hydrogens is 527 g/mol. The molecule has 56 valence electrons. The van der Waals surface area contributed by atoms with E-state index in [1.54, 1.807) is 0 Å². The van der Waals surface area contributed by atoms with Crippen molar-refractivity contribution < 1.29 is 104 Å². The van der Waals surface area contributed by atoms with Crippen LogP contribution in [-0.2, 0) is 104 Å². The number of rotatable bonds is 0.